The molecule has 2 aromatic heterocycles. The van der Waals surface area contributed by atoms with Crippen LogP contribution < -0.4 is 15.4 Å². The predicted octanol–water partition coefficient (Wildman–Crippen LogP) is 2.23. The number of benzene rings is 1. The van der Waals surface area contributed by atoms with E-state index in [1.165, 1.54) is 32.4 Å². The van der Waals surface area contributed by atoms with E-state index in [2.05, 4.69) is 19.7 Å². The van der Waals surface area contributed by atoms with E-state index in [0.29, 0.717) is 3.83 Å². The van der Waals surface area contributed by atoms with Crippen molar-refractivity contribution in [2.45, 2.75) is 84.3 Å². The molecule has 1 fully saturated rings. The fourth-order valence-corrected chi connectivity index (χ4v) is 6.47. The number of methoxy groups -OCH3 is 1. The van der Waals surface area contributed by atoms with Crippen molar-refractivity contribution in [3.8, 4) is 5.88 Å². The standard InChI is InChI=1S/C30H41IN7O10P/c1-16(24(40)45-13-18-11-9-8-10-12-18)36-49(43)38(17(2)25(41)46-15-29(3,4)5)47-14-19-21(39)30(6,42)26(48-19)37-22-20(33-27(37)31)23(44-7)35-28(32)34-22/h8-12,16-17,19,21,26,39,42H,13-15H2,1-7H3,(H2,32,34,35)/t16-,17-,19+,21+,26+,30+/m0/s1. The molecule has 4 rings (SSSR count). The first kappa shape index (κ1) is 38.7. The molecule has 19 heteroatoms. The quantitative estimate of drug-likeness (QED) is 0.0739. The number of hydroxylamine groups is 1. The van der Waals surface area contributed by atoms with Crippen LogP contribution in [0.3, 0.4) is 0 Å². The summed E-state index contributed by atoms with van der Waals surface area (Å²) in [5.74, 6) is -1.53. The van der Waals surface area contributed by atoms with Crippen molar-refractivity contribution in [1.82, 2.24) is 24.4 Å². The number of carbonyl (C=O) groups is 2. The molecule has 4 N–H and O–H groups in total. The summed E-state index contributed by atoms with van der Waals surface area (Å²) in [6.45, 7) is 9.32. The normalized spacial score (nSPS) is 22.7. The maximum absolute atomic E-state index is 13.6. The molecule has 1 unspecified atom stereocenters. The van der Waals surface area contributed by atoms with Crippen molar-refractivity contribution in [3.05, 3.63) is 39.7 Å². The predicted molar refractivity (Wildman–Crippen MR) is 182 cm³/mol. The van der Waals surface area contributed by atoms with Crippen LogP contribution in [-0.4, -0.2) is 96.7 Å². The molecule has 0 radical (unpaired) electrons. The topological polar surface area (TPSA) is 229 Å². The van der Waals surface area contributed by atoms with Crippen LogP contribution in [0, 0.1) is 9.25 Å². The summed E-state index contributed by atoms with van der Waals surface area (Å²) in [6.07, 6.45) is -4.04. The van der Waals surface area contributed by atoms with Gasteiger partial charge in [-0.25, -0.2) is 9.78 Å². The lowest BCUT2D eigenvalue weighted by Crippen LogP contribution is -2.46. The third-order valence-electron chi connectivity index (χ3n) is 7.36. The minimum absolute atomic E-state index is 0.0133. The highest BCUT2D eigenvalue weighted by Gasteiger charge is 2.55. The Kier molecular flexibility index (Phi) is 12.5. The number of rotatable bonds is 13. The Morgan fingerprint density at radius 2 is 1.88 bits per heavy atom. The van der Waals surface area contributed by atoms with Gasteiger partial charge in [0, 0.05) is 27.4 Å². The summed E-state index contributed by atoms with van der Waals surface area (Å²) in [7, 11) is -1.52. The van der Waals surface area contributed by atoms with Gasteiger partial charge in [0.1, 0.15) is 31.0 Å². The summed E-state index contributed by atoms with van der Waals surface area (Å²) in [6, 6.07) is 6.53. The number of aromatic nitrogens is 4. The SMILES string of the molecule is COc1nc(N)nc2c1nc(I)n2[C@@H]1O[C@H](CON([C@@H](C)C(=O)OCC(C)(C)C)[P+]([O-])=N[C@@H](C)C(=O)OCc2ccccc2)[C@@H](O)[C@@]1(C)O. The highest BCUT2D eigenvalue weighted by Crippen LogP contribution is 2.42. The Morgan fingerprint density at radius 3 is 2.51 bits per heavy atom. The molecule has 0 saturated carbocycles. The minimum atomic E-state index is -2.91. The van der Waals surface area contributed by atoms with E-state index in [0.717, 1.165) is 10.4 Å². The van der Waals surface area contributed by atoms with E-state index in [-0.39, 0.29) is 41.6 Å². The third kappa shape index (κ3) is 9.18. The molecule has 268 valence electrons. The van der Waals surface area contributed by atoms with Crippen molar-refractivity contribution >= 4 is 59.7 Å². The molecule has 3 heterocycles. The number of esters is 2. The number of carbonyl (C=O) groups excluding carboxylic acids is 2. The number of nitrogens with two attached hydrogens (primary N) is 1. The van der Waals surface area contributed by atoms with Crippen molar-refractivity contribution in [2.75, 3.05) is 26.1 Å². The second kappa shape index (κ2) is 15.8. The van der Waals surface area contributed by atoms with Gasteiger partial charge >= 0.3 is 11.9 Å². The number of aliphatic hydroxyl groups is 2. The second-order valence-corrected chi connectivity index (χ2v) is 14.9. The molecule has 3 aromatic rings. The number of nitrogens with zero attached hydrogens (tertiary/aromatic N) is 6. The number of hydrogen-bond acceptors (Lipinski definition) is 15. The van der Waals surface area contributed by atoms with Gasteiger partial charge in [0.25, 0.3) is 8.09 Å². The lowest BCUT2D eigenvalue weighted by Gasteiger charge is -2.28. The number of anilines is 1. The molecule has 0 bridgehead atoms. The smallest absolute Gasteiger partial charge is 0.335 e. The Bertz CT molecular complexity index is 1670. The first-order valence-corrected chi connectivity index (χ1v) is 17.5. The fourth-order valence-electron chi connectivity index (χ4n) is 4.69. The van der Waals surface area contributed by atoms with Gasteiger partial charge in [0.05, 0.1) is 13.7 Å². The van der Waals surface area contributed by atoms with Gasteiger partial charge in [0.2, 0.25) is 11.8 Å². The van der Waals surface area contributed by atoms with Gasteiger partial charge < -0.3 is 39.8 Å². The van der Waals surface area contributed by atoms with Gasteiger partial charge in [-0.3, -0.25) is 14.2 Å². The van der Waals surface area contributed by atoms with E-state index in [4.69, 9.17) is 29.5 Å². The zero-order valence-corrected chi connectivity index (χ0v) is 31.2. The van der Waals surface area contributed by atoms with E-state index >= 15 is 0 Å². The Balaban J connectivity index is 1.56. The van der Waals surface area contributed by atoms with E-state index in [1.807, 2.05) is 49.4 Å². The molecule has 0 spiro atoms. The van der Waals surface area contributed by atoms with E-state index in [1.54, 1.807) is 24.3 Å². The van der Waals surface area contributed by atoms with Crippen LogP contribution in [0.25, 0.3) is 11.2 Å². The monoisotopic (exact) mass is 817 g/mol. The first-order chi connectivity index (χ1) is 22.9. The molecular weight excluding hydrogens is 776 g/mol. The van der Waals surface area contributed by atoms with Crippen LogP contribution in [0.4, 0.5) is 5.95 Å². The first-order valence-electron chi connectivity index (χ1n) is 15.2. The average molecular weight is 818 g/mol. The van der Waals surface area contributed by atoms with Gasteiger partial charge in [-0.15, -0.1) is 0 Å². The molecule has 1 aliphatic rings. The highest BCUT2D eigenvalue weighted by atomic mass is 127. The summed E-state index contributed by atoms with van der Waals surface area (Å²) in [5.41, 5.74) is 4.77. The number of fused-ring (bicyclic) bond motifs is 1. The summed E-state index contributed by atoms with van der Waals surface area (Å²) in [4.78, 5) is 58.7. The van der Waals surface area contributed by atoms with E-state index in [9.17, 15) is 24.7 Å². The van der Waals surface area contributed by atoms with Crippen molar-refractivity contribution in [3.63, 3.8) is 0 Å². The Hall–Kier alpha value is -3.10. The number of imidazole rings is 1. The van der Waals surface area contributed by atoms with Crippen molar-refractivity contribution < 1.29 is 48.5 Å². The number of halogens is 1. The molecule has 1 aliphatic heterocycles. The van der Waals surface area contributed by atoms with Crippen LogP contribution >= 0.6 is 30.7 Å². The number of aliphatic hydroxyl groups excluding tert-OH is 1. The van der Waals surface area contributed by atoms with Gasteiger partial charge in [0.15, 0.2) is 33.3 Å². The molecule has 1 saturated heterocycles. The number of hydrogen-bond donors (Lipinski definition) is 3. The third-order valence-corrected chi connectivity index (χ3v) is 9.47. The largest absolute Gasteiger partial charge is 0.593 e. The summed E-state index contributed by atoms with van der Waals surface area (Å²) < 4.78 is 27.9. The Morgan fingerprint density at radius 1 is 1.20 bits per heavy atom. The van der Waals surface area contributed by atoms with Gasteiger partial charge in [-0.05, 0) is 31.7 Å². The highest BCUT2D eigenvalue weighted by molar-refractivity contribution is 14.1. The second-order valence-electron chi connectivity index (χ2n) is 12.8. The summed E-state index contributed by atoms with van der Waals surface area (Å²) >= 11 is 1.91. The minimum Gasteiger partial charge on any atom is -0.593 e. The molecule has 49 heavy (non-hydrogen) atoms. The zero-order chi connectivity index (χ0) is 36.3. The lowest BCUT2D eigenvalue weighted by molar-refractivity contribution is -0.224. The maximum Gasteiger partial charge on any atom is 0.335 e. The van der Waals surface area contributed by atoms with Crippen LogP contribution in [0.5, 0.6) is 5.88 Å². The fraction of sp³-hybridized carbons (Fsp3) is 0.567. The van der Waals surface area contributed by atoms with Crippen LogP contribution in [0.2, 0.25) is 0 Å². The van der Waals surface area contributed by atoms with Gasteiger partial charge in [-0.2, -0.15) is 9.97 Å². The van der Waals surface area contributed by atoms with E-state index < -0.39 is 62.8 Å². The maximum atomic E-state index is 13.6. The molecule has 0 aliphatic carbocycles. The van der Waals surface area contributed by atoms with Gasteiger partial charge in [-0.1, -0.05) is 55.8 Å². The van der Waals surface area contributed by atoms with Crippen LogP contribution in [0.15, 0.2) is 35.1 Å². The average Bonchev–Trinajstić information content (AvgIpc) is 3.48. The summed E-state index contributed by atoms with van der Waals surface area (Å²) in [5, 5.41) is 22.7. The number of ether oxygens (including phenoxy) is 4. The molecule has 0 amide bonds. The molecular formula is C30H41IN7O10P. The zero-order valence-electron chi connectivity index (χ0n) is 28.1. The van der Waals surface area contributed by atoms with Crippen molar-refractivity contribution in [1.29, 1.82) is 0 Å². The van der Waals surface area contributed by atoms with Crippen LogP contribution in [0.1, 0.15) is 53.3 Å². The van der Waals surface area contributed by atoms with Crippen molar-refractivity contribution in [2.24, 2.45) is 10.2 Å². The lowest BCUT2D eigenvalue weighted by atomic mass is 9.96. The number of nitrogen functional groups attached to an aromatic ring is 1. The molecule has 17 nitrogen and oxygen atoms in total. The molecule has 7 atom stereocenters. The molecule has 1 aromatic carbocycles. The Labute approximate surface area is 297 Å². The van der Waals surface area contributed by atoms with Crippen LogP contribution in [-0.2, 0) is 35.2 Å².